The predicted molar refractivity (Wildman–Crippen MR) is 529 cm³/mol. The number of thiophene rings is 4. The summed E-state index contributed by atoms with van der Waals surface area (Å²) in [6.07, 6.45) is 21.3. The molecule has 33 heteroatoms. The number of nitrogens with zero attached hydrogens (tertiary/aromatic N) is 4. The Kier molecular flexibility index (Phi) is 39.4. The zero-order valence-electron chi connectivity index (χ0n) is 71.1. The molecule has 0 spiro atoms. The molecule has 0 aliphatic carbocycles. The topological polar surface area (TPSA) is 273 Å². The van der Waals surface area contributed by atoms with Gasteiger partial charge in [0.05, 0.1) is 60.8 Å². The first-order valence-electron chi connectivity index (χ1n) is 40.7. The Morgan fingerprint density at radius 1 is 0.449 bits per heavy atom. The molecule has 127 heavy (non-hydrogen) atoms. The summed E-state index contributed by atoms with van der Waals surface area (Å²) in [6, 6.07) is 32.4. The third kappa shape index (κ3) is 26.2. The standard InChI is InChI=1S/C20H17Cl2NO3S.C18H13Cl2NO3S.C16H10BrCl2NO2S.C16H9Cl2NO3S.C15H32O2Si.C9H11NO/c1-4-25-11(3)17-16-10-23-9-15(12-6-13(21)8-14(22)7-12)18(16)27-19(17)20(24)26-5-2;1-3-24-18(23)17-15(9(2)22)14-8-21-7-13(16(14)25-17)10-4-11(19)6-12(20)5-10;1-2-22-16(21)15-13(17)12-7-20-6-11(14(12)23-15)8-3-9(18)5-10(19)4-8;1-7(20)13-12-6-19-5-11(14(12)23-15(13)16(21)22)8-2-9(17)4-10(18)3-8;1-5-9-12-18(13-10-6-2,14-11-7-3)15(16)17-8-4;10-8-5-6-11-9-4-2-1-3-7(8)9/h6-10H,3-5H2,1-2H3;4-8H,3H2,1-2H3;3-7H,2H2,1H3;2-6H,1H3,(H,21,22);5-14H2,1-4H3;1-4,8H,5-6,10H2/t;;;;;8-/m.....0/s1. The van der Waals surface area contributed by atoms with Crippen molar-refractivity contribution in [2.24, 2.45) is 5.73 Å². The van der Waals surface area contributed by atoms with Gasteiger partial charge in [-0.25, -0.2) is 19.2 Å². The summed E-state index contributed by atoms with van der Waals surface area (Å²) in [4.78, 5) is 103. The highest BCUT2D eigenvalue weighted by Gasteiger charge is 2.41. The number of Topliss-reactive ketones (excluding diaryl/α,β-unsaturated/α-hetero) is 2. The Morgan fingerprint density at radius 3 is 1.11 bits per heavy atom. The second-order valence-electron chi connectivity index (χ2n) is 28.6. The minimum atomic E-state index is -1.84. The van der Waals surface area contributed by atoms with Gasteiger partial charge in [0.25, 0.3) is 5.59 Å². The molecule has 1 aliphatic heterocycles. The van der Waals surface area contributed by atoms with Gasteiger partial charge in [0.2, 0.25) is 0 Å². The van der Waals surface area contributed by atoms with E-state index in [1.54, 1.807) is 113 Å². The highest BCUT2D eigenvalue weighted by molar-refractivity contribution is 9.10. The number of unbranched alkanes of at least 4 members (excludes halogenated alkanes) is 3. The number of carbonyl (C=O) groups is 7. The normalized spacial score (nSPS) is 12.0. The van der Waals surface area contributed by atoms with E-state index in [1.165, 1.54) is 92.6 Å². The zero-order chi connectivity index (χ0) is 92.5. The molecule has 3 N–H and O–H groups in total. The molecule has 1 atom stereocenters. The van der Waals surface area contributed by atoms with Crippen molar-refractivity contribution in [2.45, 2.75) is 138 Å². The molecule has 0 fully saturated rings. The van der Waals surface area contributed by atoms with Crippen LogP contribution in [0.4, 0.5) is 4.79 Å². The van der Waals surface area contributed by atoms with E-state index in [0.29, 0.717) is 118 Å². The Labute approximate surface area is 802 Å². The van der Waals surface area contributed by atoms with Gasteiger partial charge < -0.3 is 39.3 Å². The van der Waals surface area contributed by atoms with Crippen molar-refractivity contribution >= 4 is 249 Å². The van der Waals surface area contributed by atoms with E-state index in [2.05, 4.69) is 63.2 Å². The second kappa shape index (κ2) is 49.0. The molecule has 0 radical (unpaired) electrons. The number of nitrogens with two attached hydrogens (primary N) is 1. The van der Waals surface area contributed by atoms with Crippen LogP contribution in [-0.2, 0) is 23.7 Å². The molecule has 0 amide bonds. The number of halogens is 9. The van der Waals surface area contributed by atoms with Gasteiger partial charge >= 0.3 is 23.9 Å². The molecule has 13 aromatic rings. The number of hydrogen-bond acceptors (Lipinski definition) is 22. The molecule has 19 nitrogen and oxygen atoms in total. The highest BCUT2D eigenvalue weighted by atomic mass is 79.9. The number of para-hydroxylation sites is 1. The first kappa shape index (κ1) is 102. The van der Waals surface area contributed by atoms with E-state index in [0.717, 1.165) is 112 Å². The molecule has 1 aliphatic rings. The molecule has 0 saturated heterocycles. The molecule has 5 aromatic carbocycles. The summed E-state index contributed by atoms with van der Waals surface area (Å²) in [5, 5.41) is 16.2. The van der Waals surface area contributed by atoms with Crippen LogP contribution in [0.2, 0.25) is 58.3 Å². The molecule has 14 rings (SSSR count). The van der Waals surface area contributed by atoms with Crippen molar-refractivity contribution in [3.63, 3.8) is 0 Å². The average Bonchev–Trinajstić information content (AvgIpc) is 1.63. The minimum Gasteiger partial charge on any atom is -0.494 e. The average molecular weight is 2040 g/mol. The number of carbonyl (C=O) groups excluding carboxylic acids is 6. The number of carboxylic acids is 1. The highest BCUT2D eigenvalue weighted by Crippen LogP contribution is 2.47. The van der Waals surface area contributed by atoms with E-state index in [4.69, 9.17) is 127 Å². The third-order valence-electron chi connectivity index (χ3n) is 19.6. The fraction of sp³-hybridized carbons (Fsp3) is 0.287. The van der Waals surface area contributed by atoms with Crippen molar-refractivity contribution in [3.8, 4) is 50.3 Å². The van der Waals surface area contributed by atoms with Crippen LogP contribution >= 0.6 is 154 Å². The second-order valence-corrected chi connectivity index (χ2v) is 41.4. The van der Waals surface area contributed by atoms with E-state index in [-0.39, 0.29) is 57.7 Å². The van der Waals surface area contributed by atoms with Gasteiger partial charge in [0.15, 0.2) is 19.6 Å². The lowest BCUT2D eigenvalue weighted by Gasteiger charge is -2.29. The predicted octanol–water partition coefficient (Wildman–Crippen LogP) is 30.5. The maximum Gasteiger partial charge on any atom is 0.349 e. The van der Waals surface area contributed by atoms with Gasteiger partial charge in [-0.15, -0.1) is 45.3 Å². The van der Waals surface area contributed by atoms with Crippen LogP contribution in [0, 0.1) is 0 Å². The number of hydrogen-bond donors (Lipinski definition) is 2. The monoisotopic (exact) mass is 2030 g/mol. The first-order valence-corrected chi connectivity index (χ1v) is 50.4. The quantitative estimate of drug-likeness (QED) is 0.0159. The van der Waals surface area contributed by atoms with E-state index < -0.39 is 26.0 Å². The molecule has 9 heterocycles. The molecule has 0 saturated carbocycles. The van der Waals surface area contributed by atoms with E-state index >= 15 is 0 Å². The van der Waals surface area contributed by atoms with Crippen molar-refractivity contribution in [1.29, 1.82) is 0 Å². The largest absolute Gasteiger partial charge is 0.494 e. The number of benzene rings is 5. The number of esters is 3. The SMILES string of the molecule is C=C(OCC)c1c(C(=O)OCC)sc2c(-c3cc(Cl)cc(Cl)c3)cncc12.CC(=O)c1c(C(=O)O)sc2c(-c3cc(Cl)cc(Cl)c3)cncc12.CCCC[Si](CCCC)(CCCC)C(=O)OCC.CCOC(=O)c1sc2c(-c3cc(Cl)cc(Cl)c3)cncc2c1Br.CCOC(=O)c1sc2c(-c3cc(Cl)cc(Cl)c3)cncc2c1C(C)=O.N[C@H]1CCOc2ccccc21. The Hall–Kier alpha value is -8.45. The number of aromatic nitrogens is 4. The first-order chi connectivity index (χ1) is 60.8. The molecular formula is C94H92BrCl8N5O14S4Si. The zero-order valence-corrected chi connectivity index (χ0v) is 83.0. The van der Waals surface area contributed by atoms with E-state index in [1.807, 2.05) is 62.4 Å². The molecular weight excluding hydrogens is 1940 g/mol. The number of carboxylic acid groups (broad SMARTS) is 1. The van der Waals surface area contributed by atoms with Crippen LogP contribution in [0.25, 0.3) is 90.6 Å². The van der Waals surface area contributed by atoms with Gasteiger partial charge in [-0.3, -0.25) is 34.3 Å². The number of pyridine rings is 4. The maximum atomic E-state index is 12.5. The molecule has 0 bridgehead atoms. The fourth-order valence-corrected chi connectivity index (χ4v) is 26.5. The van der Waals surface area contributed by atoms with Gasteiger partial charge in [0, 0.05) is 170 Å². The maximum absolute atomic E-state index is 12.5. The summed E-state index contributed by atoms with van der Waals surface area (Å²) in [6.45, 7) is 25.0. The van der Waals surface area contributed by atoms with Crippen molar-refractivity contribution < 1.29 is 67.1 Å². The van der Waals surface area contributed by atoms with Crippen LogP contribution in [0.15, 0.2) is 158 Å². The Balaban J connectivity index is 0.000000175. The molecule has 8 aromatic heterocycles. The van der Waals surface area contributed by atoms with Crippen LogP contribution in [-0.4, -0.2) is 114 Å². The number of ether oxygens (including phenoxy) is 6. The Bertz CT molecular complexity index is 6080. The summed E-state index contributed by atoms with van der Waals surface area (Å²) in [5.41, 5.74) is 14.6. The van der Waals surface area contributed by atoms with Crippen molar-refractivity contribution in [3.05, 3.63) is 240 Å². The van der Waals surface area contributed by atoms with Crippen LogP contribution < -0.4 is 10.5 Å². The number of aromatic carboxylic acids is 1. The summed E-state index contributed by atoms with van der Waals surface area (Å²) in [5.74, 6) is -1.56. The van der Waals surface area contributed by atoms with Gasteiger partial charge in [-0.05, 0) is 184 Å². The lowest BCUT2D eigenvalue weighted by atomic mass is 10.0. The van der Waals surface area contributed by atoms with Crippen LogP contribution in [0.3, 0.4) is 0 Å². The molecule has 0 unspecified atom stereocenters. The lowest BCUT2D eigenvalue weighted by Crippen LogP contribution is -2.44. The third-order valence-corrected chi connectivity index (χ3v) is 32.3. The minimum absolute atomic E-state index is 0.00914. The van der Waals surface area contributed by atoms with Gasteiger partial charge in [-0.2, -0.15) is 0 Å². The summed E-state index contributed by atoms with van der Waals surface area (Å²) < 4.78 is 35.7. The number of ketones is 2. The summed E-state index contributed by atoms with van der Waals surface area (Å²) in [7, 11) is -1.84. The van der Waals surface area contributed by atoms with Gasteiger partial charge in [-0.1, -0.05) is 177 Å². The number of fused-ring (bicyclic) bond motifs is 5. The van der Waals surface area contributed by atoms with Crippen molar-refractivity contribution in [2.75, 3.05) is 39.6 Å². The number of rotatable bonds is 27. The lowest BCUT2D eigenvalue weighted by molar-refractivity contribution is 0.0521. The fourth-order valence-electron chi connectivity index (χ4n) is 13.9. The van der Waals surface area contributed by atoms with E-state index in [9.17, 15) is 38.7 Å². The summed E-state index contributed by atoms with van der Waals surface area (Å²) >= 11 is 57.2. The van der Waals surface area contributed by atoms with Gasteiger partial charge in [0.1, 0.15) is 31.0 Å². The molecule has 668 valence electrons. The van der Waals surface area contributed by atoms with Crippen LogP contribution in [0.5, 0.6) is 5.75 Å². The van der Waals surface area contributed by atoms with Crippen LogP contribution in [0.1, 0.15) is 191 Å². The van der Waals surface area contributed by atoms with Crippen molar-refractivity contribution in [1.82, 2.24) is 19.9 Å². The Morgan fingerprint density at radius 2 is 0.764 bits per heavy atom. The smallest absolute Gasteiger partial charge is 0.349 e.